The van der Waals surface area contributed by atoms with Gasteiger partial charge < -0.3 is 24.3 Å². The lowest BCUT2D eigenvalue weighted by Gasteiger charge is -2.35. The average molecular weight is 535 g/mol. The molecule has 39 heavy (non-hydrogen) atoms. The molecule has 2 aromatic heterocycles. The topological polar surface area (TPSA) is 96.7 Å². The Bertz CT molecular complexity index is 1250. The Kier molecular flexibility index (Phi) is 8.02. The highest BCUT2D eigenvalue weighted by atomic mass is 16.7. The molecule has 2 fully saturated rings. The summed E-state index contributed by atoms with van der Waals surface area (Å²) < 4.78 is 24.9. The van der Waals surface area contributed by atoms with E-state index < -0.39 is 0 Å². The van der Waals surface area contributed by atoms with Crippen LogP contribution in [0.1, 0.15) is 74.1 Å². The Morgan fingerprint density at radius 2 is 1.77 bits per heavy atom. The monoisotopic (exact) mass is 534 g/mol. The highest BCUT2D eigenvalue weighted by Gasteiger charge is 2.40. The van der Waals surface area contributed by atoms with Crippen molar-refractivity contribution >= 4 is 11.6 Å². The van der Waals surface area contributed by atoms with Crippen molar-refractivity contribution in [3.05, 3.63) is 65.7 Å². The van der Waals surface area contributed by atoms with Gasteiger partial charge in [0.1, 0.15) is 12.4 Å². The number of pyridine rings is 1. The number of ether oxygens (including phenoxy) is 4. The van der Waals surface area contributed by atoms with Crippen molar-refractivity contribution < 1.29 is 23.7 Å². The van der Waals surface area contributed by atoms with Gasteiger partial charge in [0.05, 0.1) is 60.4 Å². The maximum atomic E-state index is 13.0. The summed E-state index contributed by atoms with van der Waals surface area (Å²) >= 11 is 0. The Morgan fingerprint density at radius 3 is 2.41 bits per heavy atom. The van der Waals surface area contributed by atoms with Crippen LogP contribution in [-0.4, -0.2) is 58.5 Å². The van der Waals surface area contributed by atoms with Gasteiger partial charge in [0.25, 0.3) is 5.91 Å². The maximum Gasteiger partial charge on any atom is 0.259 e. The summed E-state index contributed by atoms with van der Waals surface area (Å²) in [5, 5.41) is 7.40. The zero-order chi connectivity index (χ0) is 27.5. The molecule has 1 N–H and O–H groups in total. The number of amides is 1. The van der Waals surface area contributed by atoms with Gasteiger partial charge >= 0.3 is 0 Å². The minimum atomic E-state index is -0.371. The van der Waals surface area contributed by atoms with Crippen LogP contribution in [-0.2, 0) is 14.2 Å². The fourth-order valence-corrected chi connectivity index (χ4v) is 5.14. The van der Waals surface area contributed by atoms with Gasteiger partial charge in [-0.3, -0.25) is 9.78 Å². The molecule has 0 radical (unpaired) electrons. The molecule has 3 heterocycles. The zero-order valence-corrected chi connectivity index (χ0v) is 23.2. The number of nitrogens with one attached hydrogen (secondary N) is 1. The lowest BCUT2D eigenvalue weighted by atomic mass is 9.83. The molecule has 1 aliphatic carbocycles. The van der Waals surface area contributed by atoms with Crippen LogP contribution in [0.25, 0.3) is 5.69 Å². The average Bonchev–Trinajstić information content (AvgIpc) is 3.54. The first kappa shape index (κ1) is 27.3. The third-order valence-corrected chi connectivity index (χ3v) is 7.25. The first-order valence-corrected chi connectivity index (χ1v) is 13.7. The molecule has 1 saturated heterocycles. The quantitative estimate of drug-likeness (QED) is 0.385. The molecule has 0 bridgehead atoms. The van der Waals surface area contributed by atoms with E-state index in [-0.39, 0.29) is 17.3 Å². The fourth-order valence-electron chi connectivity index (χ4n) is 5.14. The SMILES string of the molecule is Cc1c(C(=O)Nc2ccc(C3CCC4(CC3)OCCO4)nc2)cnn1-c1ccc(OCCOC(C)(C)C)cc1. The molecule has 1 aliphatic heterocycles. The number of benzene rings is 1. The molecule has 208 valence electrons. The molecule has 1 saturated carbocycles. The molecule has 5 rings (SSSR count). The predicted octanol–water partition coefficient (Wildman–Crippen LogP) is 5.42. The van der Waals surface area contributed by atoms with Crippen LogP contribution in [0, 0.1) is 6.92 Å². The van der Waals surface area contributed by atoms with Crippen molar-refractivity contribution in [3.63, 3.8) is 0 Å². The molecule has 9 heteroatoms. The second-order valence-electron chi connectivity index (χ2n) is 11.2. The van der Waals surface area contributed by atoms with Gasteiger partial charge in [-0.15, -0.1) is 0 Å². The summed E-state index contributed by atoms with van der Waals surface area (Å²) in [6.07, 6.45) is 7.06. The number of aromatic nitrogens is 3. The molecule has 0 unspecified atom stereocenters. The van der Waals surface area contributed by atoms with E-state index in [4.69, 9.17) is 18.9 Å². The Morgan fingerprint density at radius 1 is 1.05 bits per heavy atom. The molecular weight excluding hydrogens is 496 g/mol. The van der Waals surface area contributed by atoms with Crippen molar-refractivity contribution in [1.82, 2.24) is 14.8 Å². The molecule has 9 nitrogen and oxygen atoms in total. The van der Waals surface area contributed by atoms with Crippen LogP contribution in [0.3, 0.4) is 0 Å². The smallest absolute Gasteiger partial charge is 0.259 e. The van der Waals surface area contributed by atoms with E-state index >= 15 is 0 Å². The van der Waals surface area contributed by atoms with Crippen LogP contribution in [0.15, 0.2) is 48.8 Å². The van der Waals surface area contributed by atoms with Gasteiger partial charge in [-0.1, -0.05) is 0 Å². The van der Waals surface area contributed by atoms with E-state index in [0.29, 0.717) is 43.6 Å². The van der Waals surface area contributed by atoms with Gasteiger partial charge in [-0.2, -0.15) is 5.10 Å². The first-order valence-electron chi connectivity index (χ1n) is 13.7. The normalized spacial score (nSPS) is 17.4. The molecule has 0 atom stereocenters. The van der Waals surface area contributed by atoms with E-state index in [0.717, 1.165) is 48.5 Å². The Balaban J connectivity index is 1.15. The number of hydrogen-bond donors (Lipinski definition) is 1. The van der Waals surface area contributed by atoms with Crippen LogP contribution < -0.4 is 10.1 Å². The third kappa shape index (κ3) is 6.66. The lowest BCUT2D eigenvalue weighted by Crippen LogP contribution is -2.34. The zero-order valence-electron chi connectivity index (χ0n) is 23.2. The van der Waals surface area contributed by atoms with Gasteiger partial charge in [-0.05, 0) is 76.9 Å². The second-order valence-corrected chi connectivity index (χ2v) is 11.2. The minimum absolute atomic E-state index is 0.186. The van der Waals surface area contributed by atoms with Crippen LogP contribution in [0.5, 0.6) is 5.75 Å². The van der Waals surface area contributed by atoms with E-state index in [1.54, 1.807) is 17.1 Å². The highest BCUT2D eigenvalue weighted by Crippen LogP contribution is 2.41. The highest BCUT2D eigenvalue weighted by molar-refractivity contribution is 6.04. The van der Waals surface area contributed by atoms with Crippen molar-refractivity contribution in [2.45, 2.75) is 70.7 Å². The molecule has 1 amide bonds. The van der Waals surface area contributed by atoms with Gasteiger partial charge in [-0.25, -0.2) is 4.68 Å². The minimum Gasteiger partial charge on any atom is -0.491 e. The third-order valence-electron chi connectivity index (χ3n) is 7.25. The summed E-state index contributed by atoms with van der Waals surface area (Å²) in [5.74, 6) is 0.538. The molecule has 3 aromatic rings. The molecule has 2 aliphatic rings. The molecular formula is C30H38N4O5. The molecule has 1 aromatic carbocycles. The number of nitrogens with zero attached hydrogens (tertiary/aromatic N) is 3. The van der Waals surface area contributed by atoms with Gasteiger partial charge in [0.15, 0.2) is 5.79 Å². The number of hydrogen-bond acceptors (Lipinski definition) is 7. The van der Waals surface area contributed by atoms with Crippen molar-refractivity contribution in [1.29, 1.82) is 0 Å². The molecule has 1 spiro atoms. The van der Waals surface area contributed by atoms with Crippen LogP contribution >= 0.6 is 0 Å². The van der Waals surface area contributed by atoms with Gasteiger partial charge in [0.2, 0.25) is 0 Å². The van der Waals surface area contributed by atoms with E-state index in [1.165, 1.54) is 0 Å². The van der Waals surface area contributed by atoms with E-state index in [9.17, 15) is 4.79 Å². The largest absolute Gasteiger partial charge is 0.491 e. The first-order chi connectivity index (χ1) is 18.7. The number of carbonyl (C=O) groups excluding carboxylic acids is 1. The second kappa shape index (κ2) is 11.5. The van der Waals surface area contributed by atoms with Crippen molar-refractivity contribution in [3.8, 4) is 11.4 Å². The van der Waals surface area contributed by atoms with Crippen LogP contribution in [0.2, 0.25) is 0 Å². The van der Waals surface area contributed by atoms with Crippen LogP contribution in [0.4, 0.5) is 5.69 Å². The lowest BCUT2D eigenvalue weighted by molar-refractivity contribution is -0.178. The van der Waals surface area contributed by atoms with Crippen molar-refractivity contribution in [2.24, 2.45) is 0 Å². The number of rotatable bonds is 8. The fraction of sp³-hybridized carbons (Fsp3) is 0.500. The number of carbonyl (C=O) groups is 1. The Hall–Kier alpha value is -3.27. The summed E-state index contributed by atoms with van der Waals surface area (Å²) in [4.78, 5) is 17.7. The number of anilines is 1. The van der Waals surface area contributed by atoms with E-state index in [2.05, 4.69) is 15.4 Å². The standard InChI is InChI=1S/C30H38N4O5/c1-21-26(20-32-34(21)24-6-8-25(9-7-24)36-15-16-37-29(2,3)4)28(35)33-23-5-10-27(31-19-23)22-11-13-30(14-12-22)38-17-18-39-30/h5-10,19-20,22H,11-18H2,1-4H3,(H,33,35). The maximum absolute atomic E-state index is 13.0. The van der Waals surface area contributed by atoms with E-state index in [1.807, 2.05) is 64.1 Å². The van der Waals surface area contributed by atoms with Gasteiger partial charge in [0, 0.05) is 24.5 Å². The summed E-state index contributed by atoms with van der Waals surface area (Å²) in [5.41, 5.74) is 3.61. The predicted molar refractivity (Wildman–Crippen MR) is 148 cm³/mol. The van der Waals surface area contributed by atoms with Crippen molar-refractivity contribution in [2.75, 3.05) is 31.7 Å². The Labute approximate surface area is 229 Å². The summed E-state index contributed by atoms with van der Waals surface area (Å²) in [6.45, 7) is 10.3. The summed E-state index contributed by atoms with van der Waals surface area (Å²) in [7, 11) is 0. The summed E-state index contributed by atoms with van der Waals surface area (Å²) in [6, 6.07) is 11.5.